The monoisotopic (exact) mass is 289 g/mol. The van der Waals surface area contributed by atoms with E-state index in [1.807, 2.05) is 19.1 Å². The van der Waals surface area contributed by atoms with Crippen LogP contribution in [-0.2, 0) is 13.0 Å². The molecule has 2 aromatic heterocycles. The van der Waals surface area contributed by atoms with Gasteiger partial charge in [-0.15, -0.1) is 0 Å². The lowest BCUT2D eigenvalue weighted by Crippen LogP contribution is -2.01. The number of benzene rings is 1. The summed E-state index contributed by atoms with van der Waals surface area (Å²) in [7, 11) is 0. The van der Waals surface area contributed by atoms with E-state index >= 15 is 0 Å². The molecule has 3 rings (SSSR count). The minimum Gasteiger partial charge on any atom is -0.339 e. The third kappa shape index (κ3) is 2.84. The summed E-state index contributed by atoms with van der Waals surface area (Å²) in [5, 5.41) is 3.85. The maximum Gasteiger partial charge on any atom is 0.274 e. The summed E-state index contributed by atoms with van der Waals surface area (Å²) in [4.78, 5) is 4.26. The molecule has 0 aliphatic heterocycles. The molecule has 6 heteroatoms. The smallest absolute Gasteiger partial charge is 0.274 e. The van der Waals surface area contributed by atoms with Gasteiger partial charge in [0.2, 0.25) is 0 Å². The van der Waals surface area contributed by atoms with Crippen molar-refractivity contribution < 1.29 is 13.3 Å². The Labute approximate surface area is 120 Å². The van der Waals surface area contributed by atoms with Gasteiger partial charge >= 0.3 is 0 Å². The fourth-order valence-electron chi connectivity index (χ4n) is 2.15. The molecular formula is C15H13F2N3O. The van der Waals surface area contributed by atoms with E-state index in [4.69, 9.17) is 4.52 Å². The van der Waals surface area contributed by atoms with Crippen molar-refractivity contribution in [1.82, 2.24) is 14.7 Å². The average Bonchev–Trinajstić information content (AvgIpc) is 3.05. The zero-order chi connectivity index (χ0) is 14.8. The highest BCUT2D eigenvalue weighted by Gasteiger charge is 2.12. The van der Waals surface area contributed by atoms with Gasteiger partial charge in [0, 0.05) is 25.2 Å². The van der Waals surface area contributed by atoms with Crippen LogP contribution >= 0.6 is 0 Å². The summed E-state index contributed by atoms with van der Waals surface area (Å²) in [6, 6.07) is 7.10. The van der Waals surface area contributed by atoms with Crippen LogP contribution in [-0.4, -0.2) is 14.7 Å². The number of nitrogens with zero attached hydrogens (tertiary/aromatic N) is 3. The largest absolute Gasteiger partial charge is 0.339 e. The predicted octanol–water partition coefficient (Wildman–Crippen LogP) is 3.43. The van der Waals surface area contributed by atoms with Crippen molar-refractivity contribution in [3.63, 3.8) is 0 Å². The van der Waals surface area contributed by atoms with Gasteiger partial charge in [-0.05, 0) is 29.8 Å². The first kappa shape index (κ1) is 13.5. The van der Waals surface area contributed by atoms with Gasteiger partial charge in [-0.1, -0.05) is 12.1 Å². The first-order valence-corrected chi connectivity index (χ1v) is 6.59. The van der Waals surface area contributed by atoms with Crippen molar-refractivity contribution in [3.8, 4) is 11.6 Å². The Morgan fingerprint density at radius 1 is 1.19 bits per heavy atom. The number of hydrogen-bond donors (Lipinski definition) is 0. The third-order valence-corrected chi connectivity index (χ3v) is 3.11. The highest BCUT2D eigenvalue weighted by Crippen LogP contribution is 2.20. The molecule has 21 heavy (non-hydrogen) atoms. The van der Waals surface area contributed by atoms with Crippen LogP contribution in [0.2, 0.25) is 0 Å². The van der Waals surface area contributed by atoms with Crippen LogP contribution in [0.3, 0.4) is 0 Å². The second-order valence-electron chi connectivity index (χ2n) is 4.67. The lowest BCUT2D eigenvalue weighted by molar-refractivity contribution is 0.420. The molecule has 0 saturated heterocycles. The van der Waals surface area contributed by atoms with Gasteiger partial charge in [0.05, 0.1) is 0 Å². The van der Waals surface area contributed by atoms with E-state index in [0.717, 1.165) is 6.07 Å². The second-order valence-corrected chi connectivity index (χ2v) is 4.67. The van der Waals surface area contributed by atoms with E-state index in [-0.39, 0.29) is 0 Å². The number of hydrogen-bond acceptors (Lipinski definition) is 3. The van der Waals surface area contributed by atoms with E-state index in [0.29, 0.717) is 35.9 Å². The van der Waals surface area contributed by atoms with Gasteiger partial charge in [0.1, 0.15) is 17.3 Å². The fraction of sp³-hybridized carbons (Fsp3) is 0.200. The zero-order valence-electron chi connectivity index (χ0n) is 11.4. The second kappa shape index (κ2) is 5.47. The van der Waals surface area contributed by atoms with Crippen LogP contribution in [0.1, 0.15) is 18.3 Å². The van der Waals surface area contributed by atoms with E-state index in [2.05, 4.69) is 10.1 Å². The van der Waals surface area contributed by atoms with Crippen molar-refractivity contribution in [3.05, 3.63) is 59.6 Å². The lowest BCUT2D eigenvalue weighted by atomic mass is 10.2. The Balaban J connectivity index is 1.91. The van der Waals surface area contributed by atoms with Crippen LogP contribution in [0.15, 0.2) is 41.1 Å². The van der Waals surface area contributed by atoms with Crippen molar-refractivity contribution in [2.75, 3.05) is 0 Å². The topological polar surface area (TPSA) is 43.9 Å². The molecule has 0 aliphatic carbocycles. The molecule has 0 spiro atoms. The van der Waals surface area contributed by atoms with Crippen molar-refractivity contribution >= 4 is 0 Å². The third-order valence-electron chi connectivity index (χ3n) is 3.11. The molecule has 0 saturated carbocycles. The SMILES string of the molecule is CCc1noc(-c2cccn2Cc2cc(F)cc(F)c2)n1. The summed E-state index contributed by atoms with van der Waals surface area (Å²) in [5.74, 6) is -0.169. The molecule has 3 aromatic rings. The summed E-state index contributed by atoms with van der Waals surface area (Å²) < 4.78 is 33.5. The van der Waals surface area contributed by atoms with Gasteiger partial charge in [-0.3, -0.25) is 0 Å². The number of aromatic nitrogens is 3. The summed E-state index contributed by atoms with van der Waals surface area (Å²) in [6.45, 7) is 2.25. The molecule has 0 bridgehead atoms. The molecule has 4 nitrogen and oxygen atoms in total. The Hall–Kier alpha value is -2.50. The molecule has 0 atom stereocenters. The Kier molecular flexibility index (Phi) is 3.51. The van der Waals surface area contributed by atoms with E-state index in [9.17, 15) is 8.78 Å². The quantitative estimate of drug-likeness (QED) is 0.739. The van der Waals surface area contributed by atoms with E-state index in [1.165, 1.54) is 12.1 Å². The van der Waals surface area contributed by atoms with Crippen LogP contribution in [0.4, 0.5) is 8.78 Å². The predicted molar refractivity (Wildman–Crippen MR) is 72.6 cm³/mol. The van der Waals surface area contributed by atoms with Gasteiger partial charge in [0.25, 0.3) is 5.89 Å². The van der Waals surface area contributed by atoms with Gasteiger partial charge in [-0.2, -0.15) is 4.98 Å². The van der Waals surface area contributed by atoms with Crippen molar-refractivity contribution in [2.45, 2.75) is 19.9 Å². The molecule has 0 fully saturated rings. The average molecular weight is 289 g/mol. The standard InChI is InChI=1S/C15H13F2N3O/c1-2-14-18-15(21-19-14)13-4-3-5-20(13)9-10-6-11(16)8-12(17)7-10/h3-8H,2,9H2,1H3. The molecule has 0 radical (unpaired) electrons. The van der Waals surface area contributed by atoms with Crippen LogP contribution in [0, 0.1) is 11.6 Å². The Bertz CT molecular complexity index is 744. The van der Waals surface area contributed by atoms with Gasteiger partial charge < -0.3 is 9.09 Å². The minimum absolute atomic E-state index is 0.320. The first-order valence-electron chi connectivity index (χ1n) is 6.59. The minimum atomic E-state index is -0.593. The molecule has 0 N–H and O–H groups in total. The normalized spacial score (nSPS) is 11.0. The van der Waals surface area contributed by atoms with Crippen LogP contribution in [0.25, 0.3) is 11.6 Å². The molecule has 1 aromatic carbocycles. The summed E-state index contributed by atoms with van der Waals surface area (Å²) in [5.41, 5.74) is 1.24. The number of rotatable bonds is 4. The Morgan fingerprint density at radius 2 is 1.95 bits per heavy atom. The first-order chi connectivity index (χ1) is 10.2. The Morgan fingerprint density at radius 3 is 2.62 bits per heavy atom. The summed E-state index contributed by atoms with van der Waals surface area (Å²) >= 11 is 0. The van der Waals surface area contributed by atoms with Crippen LogP contribution < -0.4 is 0 Å². The molecule has 2 heterocycles. The molecule has 0 amide bonds. The van der Waals surface area contributed by atoms with Crippen molar-refractivity contribution in [2.24, 2.45) is 0 Å². The maximum atomic E-state index is 13.2. The van der Waals surface area contributed by atoms with E-state index in [1.54, 1.807) is 10.8 Å². The molecule has 0 unspecified atom stereocenters. The molecule has 108 valence electrons. The highest BCUT2D eigenvalue weighted by molar-refractivity contribution is 5.48. The molecule has 0 aliphatic rings. The molecular weight excluding hydrogens is 276 g/mol. The maximum absolute atomic E-state index is 13.2. The number of aryl methyl sites for hydroxylation is 1. The van der Waals surface area contributed by atoms with Gasteiger partial charge in [0.15, 0.2) is 5.82 Å². The number of halogens is 2. The fourth-order valence-corrected chi connectivity index (χ4v) is 2.15. The lowest BCUT2D eigenvalue weighted by Gasteiger charge is -2.07. The zero-order valence-corrected chi connectivity index (χ0v) is 11.4. The highest BCUT2D eigenvalue weighted by atomic mass is 19.1. The van der Waals surface area contributed by atoms with Crippen molar-refractivity contribution in [1.29, 1.82) is 0 Å². The summed E-state index contributed by atoms with van der Waals surface area (Å²) in [6.07, 6.45) is 2.48. The van der Waals surface area contributed by atoms with E-state index < -0.39 is 11.6 Å². The van der Waals surface area contributed by atoms with Gasteiger partial charge in [-0.25, -0.2) is 8.78 Å². The van der Waals surface area contributed by atoms with Crippen LogP contribution in [0.5, 0.6) is 0 Å².